The molecule has 4 nitrogen and oxygen atoms in total. The molecule has 1 fully saturated rings. The Hall–Kier alpha value is -2.95. The third-order valence-electron chi connectivity index (χ3n) is 7.03. The van der Waals surface area contributed by atoms with Crippen molar-refractivity contribution in [3.63, 3.8) is 0 Å². The van der Waals surface area contributed by atoms with E-state index >= 15 is 0 Å². The normalized spacial score (nSPS) is 16.6. The molecular formula is C28H30N2O2. The summed E-state index contributed by atoms with van der Waals surface area (Å²) >= 11 is 0. The molecule has 0 bridgehead atoms. The lowest BCUT2D eigenvalue weighted by atomic mass is 9.84. The number of aliphatic hydroxyl groups is 1. The fraction of sp³-hybridized carbons (Fsp3) is 0.321. The lowest BCUT2D eigenvalue weighted by molar-refractivity contribution is -0.0261. The van der Waals surface area contributed by atoms with Crippen LogP contribution >= 0.6 is 0 Å². The van der Waals surface area contributed by atoms with Crippen LogP contribution in [0.25, 0.3) is 21.8 Å². The van der Waals surface area contributed by atoms with Gasteiger partial charge in [0.15, 0.2) is 5.78 Å². The van der Waals surface area contributed by atoms with E-state index in [0.717, 1.165) is 62.0 Å². The number of aromatic nitrogens is 1. The summed E-state index contributed by atoms with van der Waals surface area (Å²) < 4.78 is 2.39. The average molecular weight is 427 g/mol. The molecule has 0 spiro atoms. The Balaban J connectivity index is 1.28. The number of likely N-dealkylation sites (tertiary alicyclic amines) is 1. The molecule has 0 radical (unpaired) electrons. The van der Waals surface area contributed by atoms with Crippen LogP contribution in [0.15, 0.2) is 72.8 Å². The Morgan fingerprint density at radius 3 is 2.31 bits per heavy atom. The molecule has 4 heteroatoms. The monoisotopic (exact) mass is 426 g/mol. The van der Waals surface area contributed by atoms with Crippen molar-refractivity contribution in [1.82, 2.24) is 9.47 Å². The predicted molar refractivity (Wildman–Crippen MR) is 130 cm³/mol. The summed E-state index contributed by atoms with van der Waals surface area (Å²) in [5, 5.41) is 13.4. The fourth-order valence-corrected chi connectivity index (χ4v) is 5.15. The highest BCUT2D eigenvalue weighted by Crippen LogP contribution is 2.33. The second-order valence-corrected chi connectivity index (χ2v) is 9.05. The van der Waals surface area contributed by atoms with Gasteiger partial charge in [0.2, 0.25) is 0 Å². The van der Waals surface area contributed by atoms with Crippen molar-refractivity contribution in [1.29, 1.82) is 0 Å². The SMILES string of the molecule is CC(=O)c1ccc2c(c1)c1ccccc1n2CCCN1CCC(O)(c2ccccc2)CC1. The van der Waals surface area contributed by atoms with Crippen LogP contribution in [0.3, 0.4) is 0 Å². The van der Waals surface area contributed by atoms with E-state index in [1.54, 1.807) is 6.92 Å². The van der Waals surface area contributed by atoms with E-state index < -0.39 is 5.60 Å². The van der Waals surface area contributed by atoms with E-state index in [9.17, 15) is 9.90 Å². The van der Waals surface area contributed by atoms with Crippen molar-refractivity contribution in [2.75, 3.05) is 19.6 Å². The van der Waals surface area contributed by atoms with Crippen molar-refractivity contribution in [2.45, 2.75) is 38.3 Å². The van der Waals surface area contributed by atoms with Crippen LogP contribution < -0.4 is 0 Å². The predicted octanol–water partition coefficient (Wildman–Crippen LogP) is 5.37. The number of piperidine rings is 1. The highest BCUT2D eigenvalue weighted by Gasteiger charge is 2.33. The second kappa shape index (κ2) is 8.53. The molecule has 0 aliphatic carbocycles. The first kappa shape index (κ1) is 20.9. The zero-order valence-electron chi connectivity index (χ0n) is 18.6. The standard InChI is InChI=1S/C28H30N2O2/c1-21(31)22-12-13-27-25(20-22)24-10-5-6-11-26(24)30(27)17-7-16-29-18-14-28(32,15-19-29)23-8-3-2-4-9-23/h2-6,8-13,20,32H,7,14-19H2,1H3. The van der Waals surface area contributed by atoms with Crippen LogP contribution in [-0.2, 0) is 12.1 Å². The molecule has 5 rings (SSSR count). The largest absolute Gasteiger partial charge is 0.385 e. The summed E-state index contributed by atoms with van der Waals surface area (Å²) in [7, 11) is 0. The van der Waals surface area contributed by atoms with Gasteiger partial charge < -0.3 is 14.6 Å². The summed E-state index contributed by atoms with van der Waals surface area (Å²) in [6.45, 7) is 5.41. The van der Waals surface area contributed by atoms with Crippen LogP contribution in [0.1, 0.15) is 42.1 Å². The molecule has 0 amide bonds. The number of hydrogen-bond acceptors (Lipinski definition) is 3. The third kappa shape index (κ3) is 3.85. The minimum atomic E-state index is -0.695. The first-order chi connectivity index (χ1) is 15.5. The number of carbonyl (C=O) groups is 1. The molecule has 4 aromatic rings. The average Bonchev–Trinajstić information content (AvgIpc) is 3.14. The molecule has 2 heterocycles. The first-order valence-electron chi connectivity index (χ1n) is 11.6. The maximum absolute atomic E-state index is 11.9. The number of ketones is 1. The molecule has 1 N–H and O–H groups in total. The quantitative estimate of drug-likeness (QED) is 0.422. The van der Waals surface area contributed by atoms with Crippen LogP contribution in [-0.4, -0.2) is 40.0 Å². The zero-order valence-corrected chi connectivity index (χ0v) is 18.6. The van der Waals surface area contributed by atoms with Gasteiger partial charge in [-0.1, -0.05) is 48.5 Å². The second-order valence-electron chi connectivity index (χ2n) is 9.05. The van der Waals surface area contributed by atoms with Gasteiger partial charge in [-0.05, 0) is 62.6 Å². The lowest BCUT2D eigenvalue weighted by Crippen LogP contribution is -2.43. The Morgan fingerprint density at radius 1 is 0.875 bits per heavy atom. The van der Waals surface area contributed by atoms with Gasteiger partial charge in [0, 0.05) is 47.0 Å². The molecule has 3 aromatic carbocycles. The van der Waals surface area contributed by atoms with Gasteiger partial charge in [-0.25, -0.2) is 0 Å². The fourth-order valence-electron chi connectivity index (χ4n) is 5.15. The van der Waals surface area contributed by atoms with Gasteiger partial charge in [-0.3, -0.25) is 4.79 Å². The van der Waals surface area contributed by atoms with Gasteiger partial charge in [0.1, 0.15) is 0 Å². The Bertz CT molecular complexity index is 1250. The summed E-state index contributed by atoms with van der Waals surface area (Å²) in [4.78, 5) is 14.4. The number of aryl methyl sites for hydroxylation is 1. The number of Topliss-reactive ketones (excluding diaryl/α,β-unsaturated/α-hetero) is 1. The Morgan fingerprint density at radius 2 is 1.56 bits per heavy atom. The number of benzene rings is 3. The molecule has 32 heavy (non-hydrogen) atoms. The van der Waals surface area contributed by atoms with Crippen molar-refractivity contribution in [3.05, 3.63) is 83.9 Å². The number of para-hydroxylation sites is 1. The van der Waals surface area contributed by atoms with Crippen molar-refractivity contribution >= 4 is 27.6 Å². The van der Waals surface area contributed by atoms with Crippen LogP contribution in [0.4, 0.5) is 0 Å². The maximum atomic E-state index is 11.9. The van der Waals surface area contributed by atoms with Crippen molar-refractivity contribution in [3.8, 4) is 0 Å². The number of nitrogens with zero attached hydrogens (tertiary/aromatic N) is 2. The molecule has 164 valence electrons. The molecule has 1 aliphatic rings. The molecular weight excluding hydrogens is 396 g/mol. The van der Waals surface area contributed by atoms with Crippen LogP contribution in [0.5, 0.6) is 0 Å². The summed E-state index contributed by atoms with van der Waals surface area (Å²) in [5.41, 5.74) is 3.52. The molecule has 0 unspecified atom stereocenters. The number of rotatable bonds is 6. The third-order valence-corrected chi connectivity index (χ3v) is 7.03. The van der Waals surface area contributed by atoms with E-state index in [1.165, 1.54) is 16.4 Å². The molecule has 0 atom stereocenters. The van der Waals surface area contributed by atoms with E-state index in [1.807, 2.05) is 42.5 Å². The van der Waals surface area contributed by atoms with Gasteiger partial charge in [0.25, 0.3) is 0 Å². The first-order valence-corrected chi connectivity index (χ1v) is 11.6. The van der Waals surface area contributed by atoms with Crippen molar-refractivity contribution in [2.24, 2.45) is 0 Å². The summed E-state index contributed by atoms with van der Waals surface area (Å²) in [6, 6.07) is 24.6. The van der Waals surface area contributed by atoms with Gasteiger partial charge >= 0.3 is 0 Å². The van der Waals surface area contributed by atoms with E-state index in [-0.39, 0.29) is 5.78 Å². The Labute approximate surface area is 189 Å². The Kier molecular flexibility index (Phi) is 5.58. The maximum Gasteiger partial charge on any atom is 0.159 e. The molecule has 0 saturated carbocycles. The summed E-state index contributed by atoms with van der Waals surface area (Å²) in [5.74, 6) is 0.101. The minimum absolute atomic E-state index is 0.101. The smallest absolute Gasteiger partial charge is 0.159 e. The van der Waals surface area contributed by atoms with E-state index in [2.05, 4.69) is 39.8 Å². The number of carbonyl (C=O) groups excluding carboxylic acids is 1. The lowest BCUT2D eigenvalue weighted by Gasteiger charge is -2.38. The number of hydrogen-bond donors (Lipinski definition) is 1. The van der Waals surface area contributed by atoms with Crippen LogP contribution in [0.2, 0.25) is 0 Å². The summed E-state index contributed by atoms with van der Waals surface area (Å²) in [6.07, 6.45) is 2.60. The van der Waals surface area contributed by atoms with Gasteiger partial charge in [-0.15, -0.1) is 0 Å². The van der Waals surface area contributed by atoms with Crippen molar-refractivity contribution < 1.29 is 9.90 Å². The van der Waals surface area contributed by atoms with E-state index in [0.29, 0.717) is 0 Å². The highest BCUT2D eigenvalue weighted by molar-refractivity contribution is 6.10. The zero-order chi connectivity index (χ0) is 22.1. The van der Waals surface area contributed by atoms with Gasteiger partial charge in [0.05, 0.1) is 5.60 Å². The topological polar surface area (TPSA) is 45.5 Å². The minimum Gasteiger partial charge on any atom is -0.385 e. The number of fused-ring (bicyclic) bond motifs is 3. The van der Waals surface area contributed by atoms with Gasteiger partial charge in [-0.2, -0.15) is 0 Å². The van der Waals surface area contributed by atoms with Crippen LogP contribution in [0, 0.1) is 0 Å². The molecule has 1 aromatic heterocycles. The molecule has 1 saturated heterocycles. The molecule has 1 aliphatic heterocycles. The highest BCUT2D eigenvalue weighted by atomic mass is 16.3. The van der Waals surface area contributed by atoms with E-state index in [4.69, 9.17) is 0 Å².